The summed E-state index contributed by atoms with van der Waals surface area (Å²) in [5, 5.41) is 0. The smallest absolute Gasteiger partial charge is 0.462 e. The van der Waals surface area contributed by atoms with Gasteiger partial charge in [0.05, 0.1) is 13.2 Å². The van der Waals surface area contributed by atoms with Gasteiger partial charge < -0.3 is 20.1 Å². The lowest BCUT2D eigenvalue weighted by molar-refractivity contribution is -0.161. The van der Waals surface area contributed by atoms with Crippen LogP contribution in [0.25, 0.3) is 0 Å². The van der Waals surface area contributed by atoms with Crippen LogP contribution in [0, 0.1) is 0 Å². The minimum Gasteiger partial charge on any atom is -0.462 e. The molecule has 2 atom stereocenters. The number of esters is 2. The van der Waals surface area contributed by atoms with E-state index in [0.29, 0.717) is 12.8 Å². The summed E-state index contributed by atoms with van der Waals surface area (Å²) in [5.74, 6) is -0.873. The molecule has 1 unspecified atom stereocenters. The fourth-order valence-corrected chi connectivity index (χ4v) is 6.38. The maximum atomic E-state index is 12.6. The van der Waals surface area contributed by atoms with Crippen LogP contribution in [-0.4, -0.2) is 49.3 Å². The Kier molecular flexibility index (Phi) is 39.6. The van der Waals surface area contributed by atoms with Gasteiger partial charge in [-0.1, -0.05) is 145 Å². The normalized spacial score (nSPS) is 13.9. The Bertz CT molecular complexity index is 1090. The highest BCUT2D eigenvalue weighted by Crippen LogP contribution is 2.43. The van der Waals surface area contributed by atoms with Crippen LogP contribution in [-0.2, 0) is 32.7 Å². The lowest BCUT2D eigenvalue weighted by atomic mass is 10.1. The second kappa shape index (κ2) is 41.3. The van der Waals surface area contributed by atoms with Crippen molar-refractivity contribution in [2.75, 3.05) is 26.4 Å². The van der Waals surface area contributed by atoms with Gasteiger partial charge in [-0.05, 0) is 83.5 Å². The lowest BCUT2D eigenvalue weighted by Gasteiger charge is -2.19. The number of phosphoric ester groups is 1. The van der Waals surface area contributed by atoms with Crippen LogP contribution < -0.4 is 5.73 Å². The number of phosphoric acid groups is 1. The molecule has 55 heavy (non-hydrogen) atoms. The van der Waals surface area contributed by atoms with E-state index < -0.39 is 32.5 Å². The van der Waals surface area contributed by atoms with Crippen molar-refractivity contribution in [3.63, 3.8) is 0 Å². The highest BCUT2D eigenvalue weighted by atomic mass is 31.2. The summed E-state index contributed by atoms with van der Waals surface area (Å²) < 4.78 is 32.7. The molecule has 0 amide bonds. The van der Waals surface area contributed by atoms with Crippen LogP contribution in [0.2, 0.25) is 0 Å². The number of nitrogens with two attached hydrogens (primary N) is 1. The molecule has 0 bridgehead atoms. The van der Waals surface area contributed by atoms with E-state index in [2.05, 4.69) is 74.6 Å². The van der Waals surface area contributed by atoms with Gasteiger partial charge in [0, 0.05) is 19.4 Å². The van der Waals surface area contributed by atoms with Gasteiger partial charge in [-0.3, -0.25) is 18.6 Å². The third kappa shape index (κ3) is 41.2. The molecule has 3 N–H and O–H groups in total. The predicted octanol–water partition coefficient (Wildman–Crippen LogP) is 12.5. The minimum atomic E-state index is -4.39. The van der Waals surface area contributed by atoms with E-state index in [4.69, 9.17) is 24.3 Å². The Labute approximate surface area is 336 Å². The fourth-order valence-electron chi connectivity index (χ4n) is 5.61. The SMILES string of the molecule is CCCCC/C=C\C/C=C\C/C=C\C/C=C\CCCCCC(=O)OC[C@H](COP(=O)(O)OCCN)OC(=O)CCCCCCCCC/C=C\CCCCCC. The van der Waals surface area contributed by atoms with E-state index in [1.807, 2.05) is 0 Å². The molecule has 10 heteroatoms. The monoisotopic (exact) mass is 794 g/mol. The largest absolute Gasteiger partial charge is 0.472 e. The predicted molar refractivity (Wildman–Crippen MR) is 229 cm³/mol. The Morgan fingerprint density at radius 2 is 0.945 bits per heavy atom. The summed E-state index contributed by atoms with van der Waals surface area (Å²) in [4.78, 5) is 34.9. The van der Waals surface area contributed by atoms with Crippen LogP contribution in [0.4, 0.5) is 0 Å². The Morgan fingerprint density at radius 1 is 0.545 bits per heavy atom. The summed E-state index contributed by atoms with van der Waals surface area (Å²) >= 11 is 0. The zero-order valence-electron chi connectivity index (χ0n) is 34.9. The number of hydrogen-bond donors (Lipinski definition) is 2. The van der Waals surface area contributed by atoms with Gasteiger partial charge in [0.15, 0.2) is 6.10 Å². The van der Waals surface area contributed by atoms with Crippen molar-refractivity contribution in [1.82, 2.24) is 0 Å². The van der Waals surface area contributed by atoms with Crippen molar-refractivity contribution in [3.05, 3.63) is 60.8 Å². The molecular formula is C45H80NO8P. The quantitative estimate of drug-likeness (QED) is 0.0269. The first-order valence-corrected chi connectivity index (χ1v) is 23.3. The van der Waals surface area contributed by atoms with E-state index in [-0.39, 0.29) is 32.6 Å². The standard InChI is InChI=1S/C45H80NO8P/c1-3-5-7-9-11-13-15-17-19-20-21-22-24-25-27-29-31-33-35-37-44(47)51-41-43(42-53-55(49,50)52-40-39-46)54-45(48)38-36-34-32-30-28-26-23-18-16-14-12-10-8-6-4-2/h11,13-14,16-17,19,21-22,25,27,43H,3-10,12,15,18,20,23-24,26,28-42,46H2,1-2H3,(H,49,50)/b13-11-,16-14-,19-17-,22-21-,27-25-/t43-/m1/s1. The van der Waals surface area contributed by atoms with Crippen molar-refractivity contribution in [1.29, 1.82) is 0 Å². The van der Waals surface area contributed by atoms with Crippen molar-refractivity contribution >= 4 is 19.8 Å². The number of hydrogen-bond acceptors (Lipinski definition) is 8. The van der Waals surface area contributed by atoms with E-state index >= 15 is 0 Å². The number of unbranched alkanes of at least 4 members (excludes halogenated alkanes) is 17. The van der Waals surface area contributed by atoms with E-state index in [0.717, 1.165) is 64.2 Å². The zero-order valence-corrected chi connectivity index (χ0v) is 35.8. The molecule has 318 valence electrons. The molecule has 0 aromatic carbocycles. The van der Waals surface area contributed by atoms with Gasteiger partial charge in [0.1, 0.15) is 6.61 Å². The van der Waals surface area contributed by atoms with Crippen molar-refractivity contribution in [2.45, 2.75) is 187 Å². The molecule has 0 rings (SSSR count). The van der Waals surface area contributed by atoms with Gasteiger partial charge in [-0.15, -0.1) is 0 Å². The molecule has 0 spiro atoms. The Balaban J connectivity index is 4.23. The molecule has 0 aliphatic heterocycles. The molecule has 0 fully saturated rings. The molecular weight excluding hydrogens is 713 g/mol. The maximum absolute atomic E-state index is 12.6. The Morgan fingerprint density at radius 3 is 1.47 bits per heavy atom. The van der Waals surface area contributed by atoms with Crippen LogP contribution in [0.1, 0.15) is 181 Å². The first-order valence-electron chi connectivity index (χ1n) is 21.8. The zero-order chi connectivity index (χ0) is 40.3. The van der Waals surface area contributed by atoms with Gasteiger partial charge in [-0.25, -0.2) is 4.57 Å². The molecule has 0 saturated carbocycles. The summed E-state index contributed by atoms with van der Waals surface area (Å²) in [7, 11) is -4.39. The number of carbonyl (C=O) groups excluding carboxylic acids is 2. The molecule has 0 aromatic heterocycles. The molecule has 0 saturated heterocycles. The topological polar surface area (TPSA) is 134 Å². The van der Waals surface area contributed by atoms with Crippen LogP contribution in [0.3, 0.4) is 0 Å². The van der Waals surface area contributed by atoms with Crippen molar-refractivity contribution in [3.8, 4) is 0 Å². The van der Waals surface area contributed by atoms with Crippen LogP contribution in [0.15, 0.2) is 60.8 Å². The molecule has 0 aliphatic rings. The minimum absolute atomic E-state index is 0.0457. The second-order valence-electron chi connectivity index (χ2n) is 14.2. The number of ether oxygens (including phenoxy) is 2. The maximum Gasteiger partial charge on any atom is 0.472 e. The third-order valence-corrected chi connectivity index (χ3v) is 9.86. The second-order valence-corrected chi connectivity index (χ2v) is 15.7. The third-order valence-electron chi connectivity index (χ3n) is 8.88. The molecule has 0 radical (unpaired) electrons. The first kappa shape index (κ1) is 52.7. The molecule has 0 aliphatic carbocycles. The van der Waals surface area contributed by atoms with Gasteiger partial charge in [0.2, 0.25) is 0 Å². The summed E-state index contributed by atoms with van der Waals surface area (Å²) in [5.41, 5.74) is 5.34. The number of rotatable bonds is 40. The van der Waals surface area contributed by atoms with Crippen molar-refractivity contribution < 1.29 is 37.6 Å². The van der Waals surface area contributed by atoms with Gasteiger partial charge in [0.25, 0.3) is 0 Å². The van der Waals surface area contributed by atoms with Gasteiger partial charge in [-0.2, -0.15) is 0 Å². The van der Waals surface area contributed by atoms with E-state index in [9.17, 15) is 19.0 Å². The average Bonchev–Trinajstić information content (AvgIpc) is 3.17. The average molecular weight is 794 g/mol. The summed E-state index contributed by atoms with van der Waals surface area (Å²) in [6.45, 7) is 3.64. The first-order chi connectivity index (χ1) is 26.8. The van der Waals surface area contributed by atoms with Crippen molar-refractivity contribution in [2.24, 2.45) is 5.73 Å². The molecule has 0 aromatic rings. The molecule has 0 heterocycles. The van der Waals surface area contributed by atoms with Crippen LogP contribution in [0.5, 0.6) is 0 Å². The van der Waals surface area contributed by atoms with E-state index in [1.54, 1.807) is 0 Å². The molecule has 9 nitrogen and oxygen atoms in total. The number of allylic oxidation sites excluding steroid dienone is 10. The fraction of sp³-hybridized carbons (Fsp3) is 0.733. The Hall–Kier alpha value is -2.29. The summed E-state index contributed by atoms with van der Waals surface area (Å²) in [6.07, 6.45) is 48.2. The van der Waals surface area contributed by atoms with Crippen LogP contribution >= 0.6 is 7.82 Å². The highest BCUT2D eigenvalue weighted by molar-refractivity contribution is 7.47. The lowest BCUT2D eigenvalue weighted by Crippen LogP contribution is -2.29. The summed E-state index contributed by atoms with van der Waals surface area (Å²) in [6, 6.07) is 0. The number of carbonyl (C=O) groups is 2. The van der Waals surface area contributed by atoms with E-state index in [1.165, 1.54) is 77.0 Å². The van der Waals surface area contributed by atoms with Gasteiger partial charge >= 0.3 is 19.8 Å². The highest BCUT2D eigenvalue weighted by Gasteiger charge is 2.26.